The van der Waals surface area contributed by atoms with Gasteiger partial charge < -0.3 is 9.84 Å². The topological polar surface area (TPSA) is 29.5 Å². The normalized spacial score (nSPS) is 12.5. The number of ether oxygens (including phenoxy) is 1. The van der Waals surface area contributed by atoms with Crippen molar-refractivity contribution in [2.45, 2.75) is 39.2 Å². The molecule has 0 radical (unpaired) electrons. The minimum Gasteiger partial charge on any atom is -0.496 e. The summed E-state index contributed by atoms with van der Waals surface area (Å²) in [5, 5.41) is 10.4. The highest BCUT2D eigenvalue weighted by molar-refractivity contribution is 5.38. The van der Waals surface area contributed by atoms with Crippen molar-refractivity contribution < 1.29 is 9.84 Å². The molecule has 2 rings (SSSR count). The fourth-order valence-electron chi connectivity index (χ4n) is 2.42. The van der Waals surface area contributed by atoms with Crippen LogP contribution < -0.4 is 4.74 Å². The fraction of sp³-hybridized carbons (Fsp3) is 0.368. The highest BCUT2D eigenvalue weighted by Crippen LogP contribution is 2.26. The summed E-state index contributed by atoms with van der Waals surface area (Å²) < 4.78 is 5.32. The smallest absolute Gasteiger partial charge is 0.122 e. The van der Waals surface area contributed by atoms with Crippen molar-refractivity contribution in [3.63, 3.8) is 0 Å². The molecular formula is C19H24O2. The second-order valence-corrected chi connectivity index (χ2v) is 5.85. The van der Waals surface area contributed by atoms with Gasteiger partial charge in [-0.15, -0.1) is 0 Å². The molecule has 0 heterocycles. The fourth-order valence-corrected chi connectivity index (χ4v) is 2.42. The second kappa shape index (κ2) is 6.77. The molecule has 21 heavy (non-hydrogen) atoms. The van der Waals surface area contributed by atoms with E-state index in [9.17, 15) is 5.11 Å². The van der Waals surface area contributed by atoms with Crippen molar-refractivity contribution in [1.29, 1.82) is 0 Å². The van der Waals surface area contributed by atoms with Gasteiger partial charge in [-0.05, 0) is 41.2 Å². The van der Waals surface area contributed by atoms with Gasteiger partial charge in [0.05, 0.1) is 13.2 Å². The van der Waals surface area contributed by atoms with Gasteiger partial charge >= 0.3 is 0 Å². The van der Waals surface area contributed by atoms with Gasteiger partial charge in [0.15, 0.2) is 0 Å². The number of aliphatic hydroxyl groups excluding tert-OH is 1. The molecule has 1 atom stereocenters. The molecule has 112 valence electrons. The quantitative estimate of drug-likeness (QED) is 0.881. The van der Waals surface area contributed by atoms with Crippen LogP contribution in [0.4, 0.5) is 0 Å². The van der Waals surface area contributed by atoms with Crippen LogP contribution in [0.5, 0.6) is 5.75 Å². The maximum Gasteiger partial charge on any atom is 0.122 e. The van der Waals surface area contributed by atoms with Crippen LogP contribution in [0.15, 0.2) is 42.5 Å². The molecule has 1 N–H and O–H groups in total. The number of hydrogen-bond donors (Lipinski definition) is 1. The summed E-state index contributed by atoms with van der Waals surface area (Å²) in [6.45, 7) is 6.37. The predicted molar refractivity (Wildman–Crippen MR) is 86.9 cm³/mol. The highest BCUT2D eigenvalue weighted by Gasteiger charge is 2.11. The summed E-state index contributed by atoms with van der Waals surface area (Å²) in [5.41, 5.74) is 4.44. The van der Waals surface area contributed by atoms with E-state index in [2.05, 4.69) is 38.1 Å². The summed E-state index contributed by atoms with van der Waals surface area (Å²) in [7, 11) is 1.66. The third kappa shape index (κ3) is 3.85. The molecule has 2 nitrogen and oxygen atoms in total. The van der Waals surface area contributed by atoms with E-state index in [1.165, 1.54) is 5.56 Å². The minimum atomic E-state index is -0.510. The standard InChI is InChI=1S/C19H24O2/c1-13(2)16-9-6-15(7-10-16)11-18(20)17-8-5-14(3)19(12-17)21-4/h5-10,12-13,18,20H,11H2,1-4H3. The number of methoxy groups -OCH3 is 1. The Hall–Kier alpha value is -1.80. The molecule has 0 spiro atoms. The predicted octanol–water partition coefficient (Wildman–Crippen LogP) is 4.40. The average molecular weight is 284 g/mol. The molecule has 0 saturated heterocycles. The molecule has 0 aromatic heterocycles. The third-order valence-electron chi connectivity index (χ3n) is 3.89. The molecule has 0 aliphatic heterocycles. The van der Waals surface area contributed by atoms with Crippen molar-refractivity contribution in [2.24, 2.45) is 0 Å². The van der Waals surface area contributed by atoms with Crippen LogP contribution in [0.25, 0.3) is 0 Å². The molecule has 0 aliphatic carbocycles. The molecule has 0 fully saturated rings. The zero-order valence-electron chi connectivity index (χ0n) is 13.3. The summed E-state index contributed by atoms with van der Waals surface area (Å²) in [5.74, 6) is 1.35. The van der Waals surface area contributed by atoms with E-state index in [-0.39, 0.29) is 0 Å². The van der Waals surface area contributed by atoms with Gasteiger partial charge in [-0.3, -0.25) is 0 Å². The van der Waals surface area contributed by atoms with Crippen LogP contribution in [0.3, 0.4) is 0 Å². The van der Waals surface area contributed by atoms with Gasteiger partial charge in [0, 0.05) is 6.42 Å². The van der Waals surface area contributed by atoms with Crippen molar-refractivity contribution in [3.8, 4) is 5.75 Å². The van der Waals surface area contributed by atoms with Crippen molar-refractivity contribution >= 4 is 0 Å². The summed E-state index contributed by atoms with van der Waals surface area (Å²) in [6, 6.07) is 14.4. The molecule has 2 aromatic rings. The van der Waals surface area contributed by atoms with E-state index in [1.807, 2.05) is 25.1 Å². The first-order chi connectivity index (χ1) is 10.0. The van der Waals surface area contributed by atoms with E-state index >= 15 is 0 Å². The molecule has 1 unspecified atom stereocenters. The Morgan fingerprint density at radius 2 is 1.62 bits per heavy atom. The molecule has 0 saturated carbocycles. The summed E-state index contributed by atoms with van der Waals surface area (Å²) in [6.07, 6.45) is 0.106. The van der Waals surface area contributed by atoms with Gasteiger partial charge in [-0.25, -0.2) is 0 Å². The van der Waals surface area contributed by atoms with Crippen LogP contribution >= 0.6 is 0 Å². The van der Waals surface area contributed by atoms with Gasteiger partial charge in [-0.2, -0.15) is 0 Å². The largest absolute Gasteiger partial charge is 0.496 e. The Labute approximate surface area is 127 Å². The third-order valence-corrected chi connectivity index (χ3v) is 3.89. The van der Waals surface area contributed by atoms with Gasteiger partial charge in [0.2, 0.25) is 0 Å². The van der Waals surface area contributed by atoms with E-state index in [0.29, 0.717) is 12.3 Å². The number of aliphatic hydroxyl groups is 1. The SMILES string of the molecule is COc1cc(C(O)Cc2ccc(C(C)C)cc2)ccc1C. The monoisotopic (exact) mass is 284 g/mol. The second-order valence-electron chi connectivity index (χ2n) is 5.85. The van der Waals surface area contributed by atoms with Crippen molar-refractivity contribution in [3.05, 3.63) is 64.7 Å². The Morgan fingerprint density at radius 1 is 1.00 bits per heavy atom. The van der Waals surface area contributed by atoms with Gasteiger partial charge in [0.1, 0.15) is 5.75 Å². The zero-order valence-corrected chi connectivity index (χ0v) is 13.3. The van der Waals surface area contributed by atoms with Crippen LogP contribution in [-0.4, -0.2) is 12.2 Å². The summed E-state index contributed by atoms with van der Waals surface area (Å²) >= 11 is 0. The van der Waals surface area contributed by atoms with E-state index in [4.69, 9.17) is 4.74 Å². The number of hydrogen-bond acceptors (Lipinski definition) is 2. The van der Waals surface area contributed by atoms with E-state index in [0.717, 1.165) is 22.4 Å². The average Bonchev–Trinajstić information content (AvgIpc) is 2.48. The van der Waals surface area contributed by atoms with E-state index < -0.39 is 6.10 Å². The molecular weight excluding hydrogens is 260 g/mol. The lowest BCUT2D eigenvalue weighted by atomic mass is 9.97. The first kappa shape index (κ1) is 15.6. The lowest BCUT2D eigenvalue weighted by molar-refractivity contribution is 0.178. The molecule has 0 amide bonds. The van der Waals surface area contributed by atoms with Crippen LogP contribution in [0, 0.1) is 6.92 Å². The number of aryl methyl sites for hydroxylation is 1. The maximum atomic E-state index is 10.4. The molecule has 2 aromatic carbocycles. The van der Waals surface area contributed by atoms with Gasteiger partial charge in [-0.1, -0.05) is 50.2 Å². The van der Waals surface area contributed by atoms with Crippen LogP contribution in [0.1, 0.15) is 48.1 Å². The molecule has 0 aliphatic rings. The van der Waals surface area contributed by atoms with E-state index in [1.54, 1.807) is 7.11 Å². The summed E-state index contributed by atoms with van der Waals surface area (Å²) in [4.78, 5) is 0. The number of benzene rings is 2. The van der Waals surface area contributed by atoms with Crippen molar-refractivity contribution in [1.82, 2.24) is 0 Å². The lowest BCUT2D eigenvalue weighted by Gasteiger charge is -2.14. The lowest BCUT2D eigenvalue weighted by Crippen LogP contribution is -2.03. The Morgan fingerprint density at radius 3 is 2.19 bits per heavy atom. The van der Waals surface area contributed by atoms with Gasteiger partial charge in [0.25, 0.3) is 0 Å². The molecule has 2 heteroatoms. The highest BCUT2D eigenvalue weighted by atomic mass is 16.5. The maximum absolute atomic E-state index is 10.4. The van der Waals surface area contributed by atoms with Crippen LogP contribution in [0.2, 0.25) is 0 Å². The Bertz CT molecular complexity index is 585. The number of rotatable bonds is 5. The first-order valence-electron chi connectivity index (χ1n) is 7.42. The Balaban J connectivity index is 2.12. The molecule has 0 bridgehead atoms. The minimum absolute atomic E-state index is 0.510. The van der Waals surface area contributed by atoms with Crippen LogP contribution in [-0.2, 0) is 6.42 Å². The Kier molecular flexibility index (Phi) is 5.03. The van der Waals surface area contributed by atoms with Crippen molar-refractivity contribution in [2.75, 3.05) is 7.11 Å². The zero-order chi connectivity index (χ0) is 15.4. The first-order valence-corrected chi connectivity index (χ1v) is 7.42.